The number of nitriles is 1. The number of fused-ring (bicyclic) bond motifs is 1. The Morgan fingerprint density at radius 2 is 1.78 bits per heavy atom. The Bertz CT molecular complexity index is 1480. The van der Waals surface area contributed by atoms with E-state index in [2.05, 4.69) is 11.4 Å². The molecule has 2 heterocycles. The summed E-state index contributed by atoms with van der Waals surface area (Å²) in [7, 11) is 3.91. The number of amides is 1. The standard InChI is InChI=1S/C28H29ClN6O2/c1-33(2)17-15-31-27(37)22-8-6-21(7-9-22)25-18-26(36)35-19-24(20-10-12-23(29)13-11-20)32-28(35)34(25)16-5-3-4-14-30/h6-13,18-19H,3-5,15-17H2,1-2H3,(H,31,37). The highest BCUT2D eigenvalue weighted by Crippen LogP contribution is 2.25. The van der Waals surface area contributed by atoms with Gasteiger partial charge in [0.05, 0.1) is 17.5 Å². The van der Waals surface area contributed by atoms with Gasteiger partial charge in [0.25, 0.3) is 11.5 Å². The monoisotopic (exact) mass is 516 g/mol. The van der Waals surface area contributed by atoms with Gasteiger partial charge in [-0.3, -0.25) is 14.0 Å². The van der Waals surface area contributed by atoms with Crippen molar-refractivity contribution in [2.45, 2.75) is 25.8 Å². The molecule has 2 aromatic carbocycles. The largest absolute Gasteiger partial charge is 0.351 e. The summed E-state index contributed by atoms with van der Waals surface area (Å²) in [5.41, 5.74) is 3.40. The van der Waals surface area contributed by atoms with Crippen LogP contribution in [0.1, 0.15) is 29.6 Å². The molecule has 0 aliphatic carbocycles. The first-order valence-corrected chi connectivity index (χ1v) is 12.5. The number of carbonyl (C=O) groups excluding carboxylic acids is 1. The van der Waals surface area contributed by atoms with Crippen molar-refractivity contribution in [3.8, 4) is 28.6 Å². The molecule has 0 aliphatic rings. The van der Waals surface area contributed by atoms with Crippen LogP contribution < -0.4 is 10.9 Å². The maximum absolute atomic E-state index is 13.1. The number of halogens is 1. The van der Waals surface area contributed by atoms with Gasteiger partial charge >= 0.3 is 0 Å². The van der Waals surface area contributed by atoms with Gasteiger partial charge in [0.1, 0.15) is 0 Å². The molecular weight excluding hydrogens is 488 g/mol. The third kappa shape index (κ3) is 6.26. The zero-order chi connectivity index (χ0) is 26.4. The number of rotatable bonds is 10. The molecule has 0 spiro atoms. The Hall–Kier alpha value is -3.93. The topological polar surface area (TPSA) is 95.4 Å². The maximum atomic E-state index is 13.1. The van der Waals surface area contributed by atoms with Crippen LogP contribution in [0.3, 0.4) is 0 Å². The van der Waals surface area contributed by atoms with Crippen molar-refractivity contribution in [3.63, 3.8) is 0 Å². The number of nitrogens with zero attached hydrogens (tertiary/aromatic N) is 5. The number of aromatic nitrogens is 3. The van der Waals surface area contributed by atoms with Crippen molar-refractivity contribution >= 4 is 23.3 Å². The second-order valence-electron chi connectivity index (χ2n) is 9.07. The van der Waals surface area contributed by atoms with E-state index in [1.165, 1.54) is 0 Å². The van der Waals surface area contributed by atoms with Gasteiger partial charge < -0.3 is 14.8 Å². The van der Waals surface area contributed by atoms with Crippen LogP contribution in [0.25, 0.3) is 28.3 Å². The average molecular weight is 517 g/mol. The van der Waals surface area contributed by atoms with Gasteiger partial charge in [0, 0.05) is 54.5 Å². The van der Waals surface area contributed by atoms with E-state index in [9.17, 15) is 9.59 Å². The molecule has 9 heteroatoms. The summed E-state index contributed by atoms with van der Waals surface area (Å²) in [6.07, 6.45) is 3.70. The number of aryl methyl sites for hydroxylation is 1. The van der Waals surface area contributed by atoms with Crippen LogP contribution in [0.2, 0.25) is 5.02 Å². The predicted molar refractivity (Wildman–Crippen MR) is 146 cm³/mol. The van der Waals surface area contributed by atoms with E-state index in [4.69, 9.17) is 21.8 Å². The average Bonchev–Trinajstić information content (AvgIpc) is 3.34. The Balaban J connectivity index is 1.71. The van der Waals surface area contributed by atoms with Gasteiger partial charge in [-0.1, -0.05) is 35.9 Å². The summed E-state index contributed by atoms with van der Waals surface area (Å²) in [6.45, 7) is 1.90. The van der Waals surface area contributed by atoms with Crippen LogP contribution in [0, 0.1) is 11.3 Å². The lowest BCUT2D eigenvalue weighted by atomic mass is 10.1. The fraction of sp³-hybridized carbons (Fsp3) is 0.286. The summed E-state index contributed by atoms with van der Waals surface area (Å²) >= 11 is 6.04. The third-order valence-corrected chi connectivity index (χ3v) is 6.32. The Kier molecular flexibility index (Phi) is 8.39. The molecule has 2 aromatic heterocycles. The molecule has 1 N–H and O–H groups in total. The summed E-state index contributed by atoms with van der Waals surface area (Å²) in [5, 5.41) is 12.5. The smallest absolute Gasteiger partial charge is 0.259 e. The van der Waals surface area contributed by atoms with Gasteiger partial charge in [-0.15, -0.1) is 0 Å². The number of hydrogen-bond acceptors (Lipinski definition) is 5. The molecule has 4 rings (SSSR count). The molecule has 0 saturated heterocycles. The summed E-state index contributed by atoms with van der Waals surface area (Å²) < 4.78 is 3.55. The minimum absolute atomic E-state index is 0.140. The molecule has 4 aromatic rings. The predicted octanol–water partition coefficient (Wildman–Crippen LogP) is 4.47. The van der Waals surface area contributed by atoms with E-state index in [0.29, 0.717) is 47.3 Å². The highest BCUT2D eigenvalue weighted by atomic mass is 35.5. The molecule has 0 bridgehead atoms. The molecule has 1 amide bonds. The second-order valence-corrected chi connectivity index (χ2v) is 9.51. The summed E-state index contributed by atoms with van der Waals surface area (Å²) in [5.74, 6) is 0.383. The van der Waals surface area contributed by atoms with Crippen LogP contribution in [-0.2, 0) is 6.54 Å². The lowest BCUT2D eigenvalue weighted by molar-refractivity contribution is 0.0951. The number of carbonyl (C=O) groups is 1. The molecule has 0 atom stereocenters. The lowest BCUT2D eigenvalue weighted by Gasteiger charge is -2.15. The molecule has 8 nitrogen and oxygen atoms in total. The maximum Gasteiger partial charge on any atom is 0.259 e. The first-order valence-electron chi connectivity index (χ1n) is 12.2. The molecule has 0 saturated carbocycles. The van der Waals surface area contributed by atoms with E-state index in [0.717, 1.165) is 30.5 Å². The van der Waals surface area contributed by atoms with E-state index < -0.39 is 0 Å². The summed E-state index contributed by atoms with van der Waals surface area (Å²) in [6, 6.07) is 18.3. The Labute approximate surface area is 220 Å². The minimum atomic E-state index is -0.198. The number of benzene rings is 2. The van der Waals surface area contributed by atoms with Gasteiger partial charge in [0.2, 0.25) is 5.78 Å². The van der Waals surface area contributed by atoms with Gasteiger partial charge in [-0.05, 0) is 56.8 Å². The molecule has 0 fully saturated rings. The molecule has 0 radical (unpaired) electrons. The molecular formula is C28H29ClN6O2. The van der Waals surface area contributed by atoms with Crippen molar-refractivity contribution in [1.29, 1.82) is 5.26 Å². The Morgan fingerprint density at radius 3 is 2.46 bits per heavy atom. The number of nitrogens with one attached hydrogen (secondary N) is 1. The fourth-order valence-electron chi connectivity index (χ4n) is 4.08. The van der Waals surface area contributed by atoms with Crippen molar-refractivity contribution in [2.75, 3.05) is 27.2 Å². The van der Waals surface area contributed by atoms with Crippen molar-refractivity contribution in [1.82, 2.24) is 24.2 Å². The van der Waals surface area contributed by atoms with Crippen molar-refractivity contribution in [3.05, 3.63) is 81.7 Å². The highest BCUT2D eigenvalue weighted by molar-refractivity contribution is 6.30. The highest BCUT2D eigenvalue weighted by Gasteiger charge is 2.16. The van der Waals surface area contributed by atoms with Crippen LogP contribution in [0.5, 0.6) is 0 Å². The lowest BCUT2D eigenvalue weighted by Crippen LogP contribution is -2.31. The van der Waals surface area contributed by atoms with Gasteiger partial charge in [0.15, 0.2) is 0 Å². The number of unbranched alkanes of at least 4 members (excludes halogenated alkanes) is 2. The summed E-state index contributed by atoms with van der Waals surface area (Å²) in [4.78, 5) is 32.4. The number of hydrogen-bond donors (Lipinski definition) is 1. The van der Waals surface area contributed by atoms with E-state index >= 15 is 0 Å². The zero-order valence-corrected chi connectivity index (χ0v) is 21.7. The van der Waals surface area contributed by atoms with Crippen molar-refractivity contribution < 1.29 is 4.79 Å². The van der Waals surface area contributed by atoms with Crippen LogP contribution in [0.4, 0.5) is 0 Å². The SMILES string of the molecule is CN(C)CCNC(=O)c1ccc(-c2cc(=O)n3cc(-c4ccc(Cl)cc4)nc3n2CCCCC#N)cc1. The van der Waals surface area contributed by atoms with Crippen LogP contribution >= 0.6 is 11.6 Å². The van der Waals surface area contributed by atoms with Crippen molar-refractivity contribution in [2.24, 2.45) is 0 Å². The first kappa shape index (κ1) is 26.1. The van der Waals surface area contributed by atoms with Gasteiger partial charge in [-0.2, -0.15) is 5.26 Å². The van der Waals surface area contributed by atoms with E-state index in [1.54, 1.807) is 40.9 Å². The van der Waals surface area contributed by atoms with Gasteiger partial charge in [-0.25, -0.2) is 4.98 Å². The third-order valence-electron chi connectivity index (χ3n) is 6.06. The second kappa shape index (κ2) is 11.9. The van der Waals surface area contributed by atoms with Crippen LogP contribution in [-0.4, -0.2) is 51.9 Å². The zero-order valence-electron chi connectivity index (χ0n) is 20.9. The quantitative estimate of drug-likeness (QED) is 0.314. The fourth-order valence-corrected chi connectivity index (χ4v) is 4.20. The van der Waals surface area contributed by atoms with Crippen LogP contribution in [0.15, 0.2) is 65.6 Å². The minimum Gasteiger partial charge on any atom is -0.351 e. The first-order chi connectivity index (χ1) is 17.9. The normalized spacial score (nSPS) is 11.1. The van der Waals surface area contributed by atoms with E-state index in [-0.39, 0.29) is 11.5 Å². The molecule has 0 aliphatic heterocycles. The molecule has 190 valence electrons. The number of imidazole rings is 1. The molecule has 0 unspecified atom stereocenters. The Morgan fingerprint density at radius 1 is 1.08 bits per heavy atom. The molecule has 37 heavy (non-hydrogen) atoms. The number of likely N-dealkylation sites (N-methyl/N-ethyl adjacent to an activating group) is 1. The van der Waals surface area contributed by atoms with E-state index in [1.807, 2.05) is 47.8 Å².